The number of benzene rings is 1. The number of aromatic nitrogens is 1. The Hall–Kier alpha value is -2.38. The van der Waals surface area contributed by atoms with Crippen LogP contribution in [0, 0.1) is 5.41 Å². The van der Waals surface area contributed by atoms with Crippen molar-refractivity contribution in [2.75, 3.05) is 20.2 Å². The lowest BCUT2D eigenvalue weighted by Gasteiger charge is -2.57. The number of aliphatic hydroxyl groups is 1. The summed E-state index contributed by atoms with van der Waals surface area (Å²) >= 11 is 0. The lowest BCUT2D eigenvalue weighted by atomic mass is 9.62. The highest BCUT2D eigenvalue weighted by Crippen LogP contribution is 2.60. The van der Waals surface area contributed by atoms with Crippen molar-refractivity contribution >= 4 is 22.8 Å². The smallest absolute Gasteiger partial charge is 0.359 e. The topological polar surface area (TPSA) is 92.0 Å². The van der Waals surface area contributed by atoms with Crippen LogP contribution < -0.4 is 0 Å². The quantitative estimate of drug-likeness (QED) is 0.146. The van der Waals surface area contributed by atoms with Gasteiger partial charge in [-0.05, 0) is 55.7 Å². The number of carboxylic acids is 1. The molecule has 7 heteroatoms. The van der Waals surface area contributed by atoms with E-state index in [9.17, 15) is 14.7 Å². The van der Waals surface area contributed by atoms with E-state index in [1.807, 2.05) is 22.8 Å². The van der Waals surface area contributed by atoms with Crippen molar-refractivity contribution in [3.05, 3.63) is 35.5 Å². The summed E-state index contributed by atoms with van der Waals surface area (Å²) in [5, 5.41) is 21.4. The SMILES string of the molecule is CCCCCCCCCCCCCCCC(=O)O.CC[C@]12CCCN3CCc4c(n(c5ccccc45)[C@@](O)(C(=O)OC)C1)[C@@H]32. The molecule has 0 aliphatic carbocycles. The number of para-hydroxylation sites is 1. The number of rotatable bonds is 16. The number of ether oxygens (including phenoxy) is 1. The van der Waals surface area contributed by atoms with Gasteiger partial charge >= 0.3 is 11.9 Å². The molecule has 0 radical (unpaired) electrons. The van der Waals surface area contributed by atoms with E-state index < -0.39 is 17.7 Å². The average Bonchev–Trinajstić information content (AvgIpc) is 3.38. The standard InChI is InChI=1S/C21H26N2O3.C16H32O2/c1-3-20-10-6-11-22-12-9-15-14-7-4-5-8-16(14)23(17(15)18(20)22)21(25,13-20)19(24)26-2;1-2-3-4-5-6-7-8-9-10-11-12-13-14-15-16(17)18/h4-5,7-8,18,25H,3,6,9-13H2,1-2H3;2-15H2,1H3,(H,17,18)/t18-,20+,21+;/m1./s1. The van der Waals surface area contributed by atoms with Crippen LogP contribution in [0.2, 0.25) is 0 Å². The Labute approximate surface area is 265 Å². The highest BCUT2D eigenvalue weighted by molar-refractivity contribution is 5.90. The second kappa shape index (κ2) is 16.3. The van der Waals surface area contributed by atoms with Gasteiger partial charge in [0, 0.05) is 30.5 Å². The molecule has 2 aromatic rings. The predicted molar refractivity (Wildman–Crippen MR) is 177 cm³/mol. The van der Waals surface area contributed by atoms with Crippen molar-refractivity contribution in [3.8, 4) is 0 Å². The number of esters is 1. The average molecular weight is 611 g/mol. The van der Waals surface area contributed by atoms with Gasteiger partial charge in [0.15, 0.2) is 0 Å². The molecule has 44 heavy (non-hydrogen) atoms. The van der Waals surface area contributed by atoms with E-state index >= 15 is 0 Å². The van der Waals surface area contributed by atoms with Crippen molar-refractivity contribution < 1.29 is 24.5 Å². The van der Waals surface area contributed by atoms with E-state index in [2.05, 4.69) is 24.8 Å². The molecule has 1 aromatic carbocycles. The number of methoxy groups -OCH3 is 1. The third kappa shape index (κ3) is 7.52. The molecule has 2 N–H and O–H groups in total. The molecule has 246 valence electrons. The Balaban J connectivity index is 0.000000218. The van der Waals surface area contributed by atoms with Crippen LogP contribution in [0.25, 0.3) is 10.9 Å². The molecule has 3 aliphatic heterocycles. The minimum absolute atomic E-state index is 0.0826. The van der Waals surface area contributed by atoms with Gasteiger partial charge in [0.1, 0.15) is 0 Å². The van der Waals surface area contributed by atoms with Crippen molar-refractivity contribution in [2.24, 2.45) is 5.41 Å². The van der Waals surface area contributed by atoms with Gasteiger partial charge in [-0.1, -0.05) is 109 Å². The zero-order chi connectivity index (χ0) is 31.6. The summed E-state index contributed by atoms with van der Waals surface area (Å²) in [5.74, 6) is -1.20. The first-order chi connectivity index (χ1) is 21.3. The number of nitrogens with zero attached hydrogens (tertiary/aromatic N) is 2. The Kier molecular flexibility index (Phi) is 12.7. The number of hydrogen-bond donors (Lipinski definition) is 2. The first-order valence-electron chi connectivity index (χ1n) is 17.7. The molecule has 3 aliphatic rings. The molecule has 5 rings (SSSR count). The number of aliphatic carboxylic acids is 1. The van der Waals surface area contributed by atoms with Gasteiger partial charge < -0.3 is 19.5 Å². The summed E-state index contributed by atoms with van der Waals surface area (Å²) in [4.78, 5) is 25.7. The van der Waals surface area contributed by atoms with Crippen molar-refractivity contribution in [2.45, 2.75) is 148 Å². The monoisotopic (exact) mass is 610 g/mol. The van der Waals surface area contributed by atoms with E-state index in [-0.39, 0.29) is 11.5 Å². The summed E-state index contributed by atoms with van der Waals surface area (Å²) in [6, 6.07) is 8.45. The van der Waals surface area contributed by atoms with Crippen LogP contribution in [0.15, 0.2) is 24.3 Å². The lowest BCUT2D eigenvalue weighted by molar-refractivity contribution is -0.194. The van der Waals surface area contributed by atoms with E-state index in [0.29, 0.717) is 12.8 Å². The third-order valence-electron chi connectivity index (χ3n) is 10.7. The molecule has 1 fully saturated rings. The second-order valence-electron chi connectivity index (χ2n) is 13.6. The Bertz CT molecular complexity index is 1220. The van der Waals surface area contributed by atoms with Crippen molar-refractivity contribution in [1.29, 1.82) is 0 Å². The fraction of sp³-hybridized carbons (Fsp3) is 0.730. The molecule has 0 spiro atoms. The molecule has 4 heterocycles. The number of carbonyl (C=O) groups excluding carboxylic acids is 1. The minimum atomic E-state index is -1.63. The number of carboxylic acid groups (broad SMARTS) is 1. The largest absolute Gasteiger partial charge is 0.481 e. The van der Waals surface area contributed by atoms with Crippen LogP contribution in [-0.4, -0.2) is 51.8 Å². The molecule has 0 amide bonds. The number of hydrogen-bond acceptors (Lipinski definition) is 5. The Morgan fingerprint density at radius 3 is 2.11 bits per heavy atom. The van der Waals surface area contributed by atoms with Gasteiger partial charge in [-0.2, -0.15) is 0 Å². The third-order valence-corrected chi connectivity index (χ3v) is 10.7. The van der Waals surface area contributed by atoms with Gasteiger partial charge in [0.05, 0.1) is 18.7 Å². The van der Waals surface area contributed by atoms with Crippen LogP contribution in [0.1, 0.15) is 147 Å². The first-order valence-corrected chi connectivity index (χ1v) is 17.7. The molecule has 1 aromatic heterocycles. The second-order valence-corrected chi connectivity index (χ2v) is 13.6. The Morgan fingerprint density at radius 1 is 0.909 bits per heavy atom. The lowest BCUT2D eigenvalue weighted by Crippen LogP contribution is -2.60. The maximum Gasteiger partial charge on any atom is 0.359 e. The van der Waals surface area contributed by atoms with Gasteiger partial charge in [-0.25, -0.2) is 4.79 Å². The van der Waals surface area contributed by atoms with E-state index in [4.69, 9.17) is 9.84 Å². The van der Waals surface area contributed by atoms with E-state index in [1.165, 1.54) is 88.7 Å². The van der Waals surface area contributed by atoms with Crippen molar-refractivity contribution in [1.82, 2.24) is 9.47 Å². The zero-order valence-corrected chi connectivity index (χ0v) is 27.7. The van der Waals surface area contributed by atoms with Crippen molar-refractivity contribution in [3.63, 3.8) is 0 Å². The molecule has 3 atom stereocenters. The minimum Gasteiger partial charge on any atom is -0.481 e. The molecular weight excluding hydrogens is 552 g/mol. The van der Waals surface area contributed by atoms with E-state index in [0.717, 1.165) is 62.8 Å². The number of fused-ring (bicyclic) bond motifs is 3. The number of unbranched alkanes of at least 4 members (excludes halogenated alkanes) is 12. The zero-order valence-electron chi connectivity index (χ0n) is 27.7. The molecule has 0 saturated carbocycles. The summed E-state index contributed by atoms with van der Waals surface area (Å²) in [7, 11) is 1.37. The van der Waals surface area contributed by atoms with Gasteiger partial charge in [-0.15, -0.1) is 0 Å². The summed E-state index contributed by atoms with van der Waals surface area (Å²) < 4.78 is 7.01. The maximum absolute atomic E-state index is 12.8. The summed E-state index contributed by atoms with van der Waals surface area (Å²) in [5.41, 5.74) is 1.69. The van der Waals surface area contributed by atoms with E-state index in [1.54, 1.807) is 0 Å². The van der Waals surface area contributed by atoms with Gasteiger partial charge in [-0.3, -0.25) is 9.69 Å². The summed E-state index contributed by atoms with van der Waals surface area (Å²) in [6.07, 6.45) is 21.8. The number of piperidine rings is 1. The van der Waals surface area contributed by atoms with Crippen LogP contribution >= 0.6 is 0 Å². The van der Waals surface area contributed by atoms with Crippen LogP contribution in [0.4, 0.5) is 0 Å². The first kappa shape index (κ1) is 34.5. The maximum atomic E-state index is 12.8. The number of carbonyl (C=O) groups is 2. The summed E-state index contributed by atoms with van der Waals surface area (Å²) in [6.45, 7) is 6.62. The molecule has 0 unspecified atom stereocenters. The normalized spacial score (nSPS) is 24.0. The molecule has 0 bridgehead atoms. The highest BCUT2D eigenvalue weighted by Gasteiger charge is 2.60. The van der Waals surface area contributed by atoms with Crippen LogP contribution in [-0.2, 0) is 26.5 Å². The van der Waals surface area contributed by atoms with Crippen LogP contribution in [0.5, 0.6) is 0 Å². The van der Waals surface area contributed by atoms with Gasteiger partial charge in [0.25, 0.3) is 0 Å². The predicted octanol–water partition coefficient (Wildman–Crippen LogP) is 8.50. The fourth-order valence-corrected chi connectivity index (χ4v) is 8.39. The van der Waals surface area contributed by atoms with Gasteiger partial charge in [0.2, 0.25) is 5.72 Å². The molecular formula is C37H58N2O5. The molecule has 7 nitrogen and oxygen atoms in total. The Morgan fingerprint density at radius 2 is 1.52 bits per heavy atom. The fourth-order valence-electron chi connectivity index (χ4n) is 8.39. The highest BCUT2D eigenvalue weighted by atomic mass is 16.5. The van der Waals surface area contributed by atoms with Crippen LogP contribution in [0.3, 0.4) is 0 Å². The molecule has 1 saturated heterocycles.